The zero-order chi connectivity index (χ0) is 7.78. The molecule has 1 aliphatic rings. The smallest absolute Gasteiger partial charge is 0.0999 e. The third-order valence-corrected chi connectivity index (χ3v) is 2.02. The average molecular weight is 142 g/mol. The predicted octanol–water partition coefficient (Wildman–Crippen LogP) is 0.704. The molecule has 0 aromatic rings. The van der Waals surface area contributed by atoms with Crippen molar-refractivity contribution >= 4 is 5.84 Å². The molecule has 0 unspecified atom stereocenters. The largest absolute Gasteiger partial charge is 0.375 e. The highest BCUT2D eigenvalue weighted by Crippen LogP contribution is 2.23. The molecule has 1 rings (SSSR count). The van der Waals surface area contributed by atoms with Crippen molar-refractivity contribution in [2.24, 2.45) is 0 Å². The van der Waals surface area contributed by atoms with Gasteiger partial charge in [0.15, 0.2) is 0 Å². The van der Waals surface area contributed by atoms with Crippen LogP contribution in [-0.4, -0.2) is 36.5 Å². The van der Waals surface area contributed by atoms with E-state index in [0.717, 1.165) is 13.1 Å². The third-order valence-electron chi connectivity index (χ3n) is 2.02. The fraction of sp³-hybridized carbons (Fsp3) is 0.857. The molecule has 0 radical (unpaired) electrons. The molecule has 1 aliphatic heterocycles. The summed E-state index contributed by atoms with van der Waals surface area (Å²) >= 11 is 0. The van der Waals surface area contributed by atoms with Gasteiger partial charge in [0, 0.05) is 20.2 Å². The van der Waals surface area contributed by atoms with E-state index < -0.39 is 0 Å². The van der Waals surface area contributed by atoms with Crippen LogP contribution >= 0.6 is 0 Å². The number of nitrogens with one attached hydrogen (secondary N) is 1. The highest BCUT2D eigenvalue weighted by atomic mass is 16.5. The van der Waals surface area contributed by atoms with E-state index in [1.165, 1.54) is 0 Å². The zero-order valence-electron chi connectivity index (χ0n) is 6.77. The van der Waals surface area contributed by atoms with Crippen LogP contribution < -0.4 is 0 Å². The van der Waals surface area contributed by atoms with Crippen LogP contribution in [-0.2, 0) is 4.74 Å². The lowest BCUT2D eigenvalue weighted by Gasteiger charge is -2.47. The molecule has 1 fully saturated rings. The van der Waals surface area contributed by atoms with Gasteiger partial charge in [0.2, 0.25) is 0 Å². The summed E-state index contributed by atoms with van der Waals surface area (Å²) in [6.45, 7) is 5.58. The maximum atomic E-state index is 7.27. The quantitative estimate of drug-likeness (QED) is 0.432. The minimum Gasteiger partial charge on any atom is -0.375 e. The predicted molar refractivity (Wildman–Crippen MR) is 40.4 cm³/mol. The summed E-state index contributed by atoms with van der Waals surface area (Å²) in [6, 6.07) is 0. The molecule has 1 saturated heterocycles. The Morgan fingerprint density at radius 1 is 1.60 bits per heavy atom. The van der Waals surface area contributed by atoms with Gasteiger partial charge in [0.1, 0.15) is 0 Å². The second-order valence-electron chi connectivity index (χ2n) is 3.10. The lowest BCUT2D eigenvalue weighted by atomic mass is 9.96. The summed E-state index contributed by atoms with van der Waals surface area (Å²) in [4.78, 5) is 1.99. The Balaban J connectivity index is 2.36. The Labute approximate surface area is 61.5 Å². The Kier molecular flexibility index (Phi) is 1.68. The van der Waals surface area contributed by atoms with Crippen molar-refractivity contribution in [1.29, 1.82) is 5.41 Å². The number of rotatable bonds is 1. The van der Waals surface area contributed by atoms with Gasteiger partial charge in [-0.25, -0.2) is 0 Å². The summed E-state index contributed by atoms with van der Waals surface area (Å²) in [5.41, 5.74) is 0.00229. The van der Waals surface area contributed by atoms with Crippen molar-refractivity contribution in [3.05, 3.63) is 0 Å². The van der Waals surface area contributed by atoms with Crippen LogP contribution in [0.2, 0.25) is 0 Å². The summed E-state index contributed by atoms with van der Waals surface area (Å²) in [5, 5.41) is 7.27. The lowest BCUT2D eigenvalue weighted by Crippen LogP contribution is -2.62. The van der Waals surface area contributed by atoms with Crippen molar-refractivity contribution in [2.45, 2.75) is 19.4 Å². The fourth-order valence-corrected chi connectivity index (χ4v) is 1.13. The van der Waals surface area contributed by atoms with Gasteiger partial charge in [-0.2, -0.15) is 0 Å². The number of hydrogen-bond donors (Lipinski definition) is 1. The molecule has 0 spiro atoms. The van der Waals surface area contributed by atoms with Gasteiger partial charge in [0.25, 0.3) is 0 Å². The minimum absolute atomic E-state index is 0.00229. The van der Waals surface area contributed by atoms with Crippen LogP contribution in [0.4, 0.5) is 0 Å². The van der Waals surface area contributed by atoms with E-state index in [4.69, 9.17) is 10.1 Å². The first kappa shape index (κ1) is 7.54. The molecule has 58 valence electrons. The first-order chi connectivity index (χ1) is 4.57. The Hall–Kier alpha value is -0.570. The molecule has 0 bridgehead atoms. The summed E-state index contributed by atoms with van der Waals surface area (Å²) in [6.07, 6.45) is 0. The number of nitrogens with zero attached hydrogens (tertiary/aromatic N) is 1. The molecule has 1 N–H and O–H groups in total. The van der Waals surface area contributed by atoms with E-state index in [1.54, 1.807) is 14.0 Å². The van der Waals surface area contributed by atoms with Gasteiger partial charge in [-0.3, -0.25) is 5.41 Å². The van der Waals surface area contributed by atoms with Crippen LogP contribution in [0.15, 0.2) is 0 Å². The molecule has 0 aromatic carbocycles. The Morgan fingerprint density at radius 2 is 2.10 bits per heavy atom. The lowest BCUT2D eigenvalue weighted by molar-refractivity contribution is -0.0833. The van der Waals surface area contributed by atoms with E-state index in [9.17, 15) is 0 Å². The number of amidine groups is 1. The van der Waals surface area contributed by atoms with Gasteiger partial charge in [0.05, 0.1) is 11.4 Å². The van der Waals surface area contributed by atoms with E-state index in [-0.39, 0.29) is 5.60 Å². The normalized spacial score (nSPS) is 22.1. The highest BCUT2D eigenvalue weighted by molar-refractivity contribution is 5.77. The zero-order valence-corrected chi connectivity index (χ0v) is 6.77. The van der Waals surface area contributed by atoms with Crippen LogP contribution in [0.25, 0.3) is 0 Å². The van der Waals surface area contributed by atoms with Gasteiger partial charge < -0.3 is 9.64 Å². The van der Waals surface area contributed by atoms with E-state index in [0.29, 0.717) is 5.84 Å². The highest BCUT2D eigenvalue weighted by Gasteiger charge is 2.38. The van der Waals surface area contributed by atoms with Crippen LogP contribution in [0, 0.1) is 5.41 Å². The van der Waals surface area contributed by atoms with Crippen LogP contribution in [0.5, 0.6) is 0 Å². The fourth-order valence-electron chi connectivity index (χ4n) is 1.13. The first-order valence-corrected chi connectivity index (χ1v) is 3.43. The number of likely N-dealkylation sites (tertiary alicyclic amines) is 1. The topological polar surface area (TPSA) is 36.3 Å². The Morgan fingerprint density at radius 3 is 2.40 bits per heavy atom. The molecular weight excluding hydrogens is 128 g/mol. The molecule has 0 amide bonds. The molecule has 0 atom stereocenters. The van der Waals surface area contributed by atoms with Gasteiger partial charge in [-0.05, 0) is 13.8 Å². The molecule has 1 heterocycles. The van der Waals surface area contributed by atoms with Gasteiger partial charge in [-0.15, -0.1) is 0 Å². The standard InChI is InChI=1S/C7H14N2O/c1-6(8)9-4-7(2,5-9)10-3/h8H,4-5H2,1-3H3. The molecular formula is C7H14N2O. The second-order valence-corrected chi connectivity index (χ2v) is 3.10. The molecule has 0 aliphatic carbocycles. The van der Waals surface area contributed by atoms with Gasteiger partial charge >= 0.3 is 0 Å². The van der Waals surface area contributed by atoms with E-state index in [1.807, 2.05) is 4.90 Å². The van der Waals surface area contributed by atoms with Crippen molar-refractivity contribution in [3.63, 3.8) is 0 Å². The number of ether oxygens (including phenoxy) is 1. The maximum absolute atomic E-state index is 7.27. The second kappa shape index (κ2) is 2.23. The molecule has 3 heteroatoms. The number of hydrogen-bond acceptors (Lipinski definition) is 2. The first-order valence-electron chi connectivity index (χ1n) is 3.43. The third kappa shape index (κ3) is 1.14. The van der Waals surface area contributed by atoms with E-state index in [2.05, 4.69) is 6.92 Å². The average Bonchev–Trinajstić information content (AvgIpc) is 1.80. The van der Waals surface area contributed by atoms with Gasteiger partial charge in [-0.1, -0.05) is 0 Å². The Bertz CT molecular complexity index is 150. The summed E-state index contributed by atoms with van der Waals surface area (Å²) in [7, 11) is 1.72. The van der Waals surface area contributed by atoms with Crippen molar-refractivity contribution in [2.75, 3.05) is 20.2 Å². The molecule has 0 aromatic heterocycles. The van der Waals surface area contributed by atoms with E-state index >= 15 is 0 Å². The van der Waals surface area contributed by atoms with Crippen molar-refractivity contribution in [1.82, 2.24) is 4.90 Å². The number of methoxy groups -OCH3 is 1. The summed E-state index contributed by atoms with van der Waals surface area (Å²) in [5.74, 6) is 0.634. The minimum atomic E-state index is 0.00229. The molecule has 3 nitrogen and oxygen atoms in total. The monoisotopic (exact) mass is 142 g/mol. The molecule has 10 heavy (non-hydrogen) atoms. The molecule has 0 saturated carbocycles. The van der Waals surface area contributed by atoms with Crippen molar-refractivity contribution < 1.29 is 4.74 Å². The summed E-state index contributed by atoms with van der Waals surface area (Å²) < 4.78 is 5.22. The SMILES string of the molecule is COC1(C)CN(C(C)=N)C1. The maximum Gasteiger partial charge on any atom is 0.0999 e. The van der Waals surface area contributed by atoms with Crippen LogP contribution in [0.3, 0.4) is 0 Å². The van der Waals surface area contributed by atoms with Crippen LogP contribution in [0.1, 0.15) is 13.8 Å². The van der Waals surface area contributed by atoms with Crippen molar-refractivity contribution in [3.8, 4) is 0 Å².